The number of benzene rings is 1. The Labute approximate surface area is 86.5 Å². The first-order valence-electron chi connectivity index (χ1n) is 5.22. The van der Waals surface area contributed by atoms with Crippen LogP contribution < -0.4 is 11.1 Å². The second-order valence-corrected chi connectivity index (χ2v) is 3.75. The van der Waals surface area contributed by atoms with E-state index in [0.717, 1.165) is 18.8 Å². The predicted molar refractivity (Wildman–Crippen MR) is 62.3 cm³/mol. The van der Waals surface area contributed by atoms with Crippen LogP contribution in [-0.4, -0.2) is 6.54 Å². The van der Waals surface area contributed by atoms with Crippen LogP contribution in [0.4, 0.5) is 5.69 Å². The summed E-state index contributed by atoms with van der Waals surface area (Å²) in [4.78, 5) is 0. The molecule has 0 aliphatic rings. The van der Waals surface area contributed by atoms with Gasteiger partial charge in [0.1, 0.15) is 0 Å². The Kier molecular flexibility index (Phi) is 3.96. The van der Waals surface area contributed by atoms with Crippen LogP contribution >= 0.6 is 0 Å². The van der Waals surface area contributed by atoms with Gasteiger partial charge < -0.3 is 11.1 Å². The van der Waals surface area contributed by atoms with Crippen LogP contribution in [0, 0.1) is 13.8 Å². The second kappa shape index (κ2) is 5.01. The summed E-state index contributed by atoms with van der Waals surface area (Å²) in [5, 5.41) is 3.40. The van der Waals surface area contributed by atoms with E-state index in [0.29, 0.717) is 0 Å². The Hall–Kier alpha value is -1.02. The molecule has 78 valence electrons. The van der Waals surface area contributed by atoms with Crippen molar-refractivity contribution in [2.45, 2.75) is 33.7 Å². The van der Waals surface area contributed by atoms with Crippen LogP contribution in [0.15, 0.2) is 12.1 Å². The molecule has 0 saturated carbocycles. The second-order valence-electron chi connectivity index (χ2n) is 3.75. The molecule has 14 heavy (non-hydrogen) atoms. The van der Waals surface area contributed by atoms with E-state index in [4.69, 9.17) is 5.73 Å². The van der Waals surface area contributed by atoms with Gasteiger partial charge in [0.25, 0.3) is 0 Å². The molecule has 0 bridgehead atoms. The van der Waals surface area contributed by atoms with Gasteiger partial charge in [-0.25, -0.2) is 0 Å². The molecule has 0 heterocycles. The van der Waals surface area contributed by atoms with E-state index in [9.17, 15) is 0 Å². The van der Waals surface area contributed by atoms with Gasteiger partial charge in [-0.2, -0.15) is 0 Å². The molecule has 0 aliphatic heterocycles. The van der Waals surface area contributed by atoms with Crippen molar-refractivity contribution in [2.75, 3.05) is 12.3 Å². The van der Waals surface area contributed by atoms with E-state index in [1.165, 1.54) is 23.1 Å². The molecule has 0 spiro atoms. The fourth-order valence-corrected chi connectivity index (χ4v) is 1.57. The third-order valence-electron chi connectivity index (χ3n) is 2.60. The molecular formula is C12H20N2. The minimum absolute atomic E-state index is 0.892. The van der Waals surface area contributed by atoms with Crippen molar-refractivity contribution in [1.82, 2.24) is 5.32 Å². The summed E-state index contributed by atoms with van der Waals surface area (Å²) >= 11 is 0. The lowest BCUT2D eigenvalue weighted by Crippen LogP contribution is -2.16. The van der Waals surface area contributed by atoms with E-state index >= 15 is 0 Å². The monoisotopic (exact) mass is 192 g/mol. The van der Waals surface area contributed by atoms with Gasteiger partial charge in [0.2, 0.25) is 0 Å². The van der Waals surface area contributed by atoms with Gasteiger partial charge in [-0.15, -0.1) is 0 Å². The molecule has 2 heteroatoms. The molecule has 0 atom stereocenters. The molecule has 0 aliphatic carbocycles. The number of hydrogen-bond acceptors (Lipinski definition) is 2. The topological polar surface area (TPSA) is 38.0 Å². The number of anilines is 1. The fourth-order valence-electron chi connectivity index (χ4n) is 1.57. The molecule has 1 rings (SSSR count). The maximum Gasteiger partial charge on any atom is 0.0347 e. The number of nitrogens with one attached hydrogen (secondary N) is 1. The average Bonchev–Trinajstić information content (AvgIpc) is 2.18. The van der Waals surface area contributed by atoms with E-state index in [2.05, 4.69) is 32.2 Å². The lowest BCUT2D eigenvalue weighted by atomic mass is 10.0. The van der Waals surface area contributed by atoms with Crippen LogP contribution in [-0.2, 0) is 6.54 Å². The highest BCUT2D eigenvalue weighted by Gasteiger charge is 2.04. The summed E-state index contributed by atoms with van der Waals surface area (Å²) in [6, 6.07) is 4.07. The minimum atomic E-state index is 0.892. The standard InChI is InChI=1S/C12H20N2/c1-4-7-14-8-11-9(2)5-6-12(13)10(11)3/h5-6,14H,4,7-8,13H2,1-3H3. The van der Waals surface area contributed by atoms with Gasteiger partial charge in [-0.1, -0.05) is 13.0 Å². The Morgan fingerprint density at radius 2 is 2.00 bits per heavy atom. The van der Waals surface area contributed by atoms with E-state index in [1.807, 2.05) is 6.07 Å². The van der Waals surface area contributed by atoms with Gasteiger partial charge in [0.05, 0.1) is 0 Å². The van der Waals surface area contributed by atoms with Gasteiger partial charge >= 0.3 is 0 Å². The molecule has 1 aromatic rings. The largest absolute Gasteiger partial charge is 0.399 e. The lowest BCUT2D eigenvalue weighted by Gasteiger charge is -2.12. The first kappa shape index (κ1) is 11.1. The van der Waals surface area contributed by atoms with Crippen LogP contribution in [0.25, 0.3) is 0 Å². The van der Waals surface area contributed by atoms with Gasteiger partial charge in [-0.3, -0.25) is 0 Å². The van der Waals surface area contributed by atoms with E-state index in [-0.39, 0.29) is 0 Å². The highest BCUT2D eigenvalue weighted by atomic mass is 14.8. The maximum atomic E-state index is 5.87. The van der Waals surface area contributed by atoms with Crippen molar-refractivity contribution in [3.8, 4) is 0 Å². The molecule has 0 radical (unpaired) electrons. The summed E-state index contributed by atoms with van der Waals surface area (Å²) < 4.78 is 0. The quantitative estimate of drug-likeness (QED) is 0.568. The van der Waals surface area contributed by atoms with Crippen LogP contribution in [0.1, 0.15) is 30.0 Å². The number of aryl methyl sites for hydroxylation is 1. The van der Waals surface area contributed by atoms with Crippen molar-refractivity contribution < 1.29 is 0 Å². The first-order chi connectivity index (χ1) is 6.66. The zero-order valence-electron chi connectivity index (χ0n) is 9.35. The van der Waals surface area contributed by atoms with Crippen molar-refractivity contribution >= 4 is 5.69 Å². The molecule has 2 nitrogen and oxygen atoms in total. The van der Waals surface area contributed by atoms with E-state index in [1.54, 1.807) is 0 Å². The normalized spacial score (nSPS) is 10.5. The van der Waals surface area contributed by atoms with Crippen LogP contribution in [0.5, 0.6) is 0 Å². The minimum Gasteiger partial charge on any atom is -0.399 e. The van der Waals surface area contributed by atoms with Crippen molar-refractivity contribution in [1.29, 1.82) is 0 Å². The highest BCUT2D eigenvalue weighted by molar-refractivity contribution is 5.52. The van der Waals surface area contributed by atoms with Gasteiger partial charge in [-0.05, 0) is 49.6 Å². The molecular weight excluding hydrogens is 172 g/mol. The number of nitrogen functional groups attached to an aromatic ring is 1. The number of rotatable bonds is 4. The summed E-state index contributed by atoms with van der Waals surface area (Å²) in [6.07, 6.45) is 1.17. The molecule has 1 aromatic carbocycles. The number of nitrogens with two attached hydrogens (primary N) is 1. The Morgan fingerprint density at radius 3 is 2.64 bits per heavy atom. The molecule has 3 N–H and O–H groups in total. The molecule has 0 aromatic heterocycles. The van der Waals surface area contributed by atoms with Crippen LogP contribution in [0.2, 0.25) is 0 Å². The van der Waals surface area contributed by atoms with Gasteiger partial charge in [0.15, 0.2) is 0 Å². The number of hydrogen-bond donors (Lipinski definition) is 2. The molecule has 0 amide bonds. The molecule has 0 unspecified atom stereocenters. The first-order valence-corrected chi connectivity index (χ1v) is 5.22. The predicted octanol–water partition coefficient (Wildman–Crippen LogP) is 2.39. The van der Waals surface area contributed by atoms with Gasteiger partial charge in [0, 0.05) is 12.2 Å². The maximum absolute atomic E-state index is 5.87. The smallest absolute Gasteiger partial charge is 0.0347 e. The summed E-state index contributed by atoms with van der Waals surface area (Å²) in [5.74, 6) is 0. The Morgan fingerprint density at radius 1 is 1.29 bits per heavy atom. The summed E-state index contributed by atoms with van der Waals surface area (Å²) in [5.41, 5.74) is 10.6. The Balaban J connectivity index is 2.79. The molecule has 0 fully saturated rings. The highest BCUT2D eigenvalue weighted by Crippen LogP contribution is 2.19. The Bertz CT molecular complexity index is 305. The third-order valence-corrected chi connectivity index (χ3v) is 2.60. The molecule has 0 saturated heterocycles. The van der Waals surface area contributed by atoms with E-state index < -0.39 is 0 Å². The van der Waals surface area contributed by atoms with Crippen molar-refractivity contribution in [3.63, 3.8) is 0 Å². The summed E-state index contributed by atoms with van der Waals surface area (Å²) in [6.45, 7) is 8.39. The zero-order valence-corrected chi connectivity index (χ0v) is 9.35. The third kappa shape index (κ3) is 2.48. The fraction of sp³-hybridized carbons (Fsp3) is 0.500. The summed E-state index contributed by atoms with van der Waals surface area (Å²) in [7, 11) is 0. The lowest BCUT2D eigenvalue weighted by molar-refractivity contribution is 0.671. The zero-order chi connectivity index (χ0) is 10.6. The van der Waals surface area contributed by atoms with Crippen molar-refractivity contribution in [2.24, 2.45) is 0 Å². The van der Waals surface area contributed by atoms with Crippen LogP contribution in [0.3, 0.4) is 0 Å². The van der Waals surface area contributed by atoms with Crippen molar-refractivity contribution in [3.05, 3.63) is 28.8 Å². The average molecular weight is 192 g/mol. The SMILES string of the molecule is CCCNCc1c(C)ccc(N)c1C.